The lowest BCUT2D eigenvalue weighted by atomic mass is 9.78. The van der Waals surface area contributed by atoms with E-state index < -0.39 is 29.2 Å². The molecule has 2 aliphatic rings. The van der Waals surface area contributed by atoms with Crippen LogP contribution in [0.1, 0.15) is 11.1 Å². The number of hydrogen-bond donors (Lipinski definition) is 1. The van der Waals surface area contributed by atoms with E-state index in [1.54, 1.807) is 12.1 Å². The Morgan fingerprint density at radius 3 is 2.48 bits per heavy atom. The van der Waals surface area contributed by atoms with Crippen LogP contribution in [0.5, 0.6) is 0 Å². The average molecular weight is 432 g/mol. The quantitative estimate of drug-likeness (QED) is 0.596. The molecule has 1 fully saturated rings. The normalized spacial score (nSPS) is 23.0. The summed E-state index contributed by atoms with van der Waals surface area (Å²) in [7, 11) is 1.19. The number of rotatable bonds is 3. The zero-order valence-electron chi connectivity index (χ0n) is 15.4. The van der Waals surface area contributed by atoms with Crippen LogP contribution in [0.3, 0.4) is 0 Å². The number of methoxy groups -OCH3 is 1. The maximum absolute atomic E-state index is 13.6. The highest BCUT2D eigenvalue weighted by atomic mass is 35.5. The summed E-state index contributed by atoms with van der Waals surface area (Å²) in [6.07, 6.45) is 0. The molecule has 0 aliphatic carbocycles. The van der Waals surface area contributed by atoms with Crippen LogP contribution in [-0.4, -0.2) is 30.6 Å². The molecule has 2 unspecified atom stereocenters. The lowest BCUT2D eigenvalue weighted by molar-refractivity contribution is -0.133. The minimum Gasteiger partial charge on any atom is -0.464 e. The van der Waals surface area contributed by atoms with E-state index in [1.807, 2.05) is 19.1 Å². The van der Waals surface area contributed by atoms with Gasteiger partial charge in [0.15, 0.2) is 11.3 Å². The smallest absolute Gasteiger partial charge is 0.355 e. The van der Waals surface area contributed by atoms with Crippen LogP contribution >= 0.6 is 23.2 Å². The number of fused-ring (bicyclic) bond motifs is 1. The Bertz CT molecular complexity index is 1080. The third-order valence-electron chi connectivity index (χ3n) is 5.12. The van der Waals surface area contributed by atoms with Gasteiger partial charge in [-0.1, -0.05) is 53.0 Å². The second kappa shape index (κ2) is 6.86. The van der Waals surface area contributed by atoms with E-state index in [0.29, 0.717) is 10.6 Å². The Labute approximate surface area is 176 Å². The molecule has 7 nitrogen and oxygen atoms in total. The van der Waals surface area contributed by atoms with E-state index in [4.69, 9.17) is 27.9 Å². The Balaban J connectivity index is 1.91. The third-order valence-corrected chi connectivity index (χ3v) is 5.66. The fraction of sp³-hybridized carbons (Fsp3) is 0.200. The summed E-state index contributed by atoms with van der Waals surface area (Å²) >= 11 is 12.2. The van der Waals surface area contributed by atoms with Crippen molar-refractivity contribution < 1.29 is 19.1 Å². The number of carbonyl (C=O) groups is 3. The molecule has 0 aromatic heterocycles. The molecule has 4 rings (SSSR count). The van der Waals surface area contributed by atoms with Crippen LogP contribution in [0.15, 0.2) is 47.6 Å². The van der Waals surface area contributed by atoms with Crippen molar-refractivity contribution in [2.24, 2.45) is 11.0 Å². The number of imide groups is 1. The van der Waals surface area contributed by atoms with Crippen LogP contribution in [0.4, 0.5) is 5.69 Å². The maximum atomic E-state index is 13.6. The maximum Gasteiger partial charge on any atom is 0.355 e. The molecular weight excluding hydrogens is 417 g/mol. The number of nitrogens with one attached hydrogen (secondary N) is 1. The SMILES string of the molecule is COC(=O)C1=NNC2(c3ccc(C)cc3)C(=O)N(c3ccc(Cl)cc3Cl)C(=O)C12. The molecule has 2 amide bonds. The molecular formula is C20H15Cl2N3O4. The molecule has 2 aromatic rings. The van der Waals surface area contributed by atoms with Crippen molar-refractivity contribution in [1.82, 2.24) is 5.43 Å². The van der Waals surface area contributed by atoms with Crippen molar-refractivity contribution in [2.75, 3.05) is 12.0 Å². The minimum absolute atomic E-state index is 0.134. The summed E-state index contributed by atoms with van der Waals surface area (Å²) in [5.74, 6) is -3.21. The number of ether oxygens (including phenoxy) is 1. The Hall–Kier alpha value is -2.90. The number of esters is 1. The molecule has 2 heterocycles. The Morgan fingerprint density at radius 1 is 1.17 bits per heavy atom. The molecule has 29 heavy (non-hydrogen) atoms. The highest BCUT2D eigenvalue weighted by molar-refractivity contribution is 6.48. The van der Waals surface area contributed by atoms with Gasteiger partial charge < -0.3 is 4.74 Å². The van der Waals surface area contributed by atoms with Gasteiger partial charge in [0.1, 0.15) is 5.92 Å². The molecule has 1 saturated heterocycles. The van der Waals surface area contributed by atoms with Gasteiger partial charge >= 0.3 is 5.97 Å². The molecule has 0 spiro atoms. The second-order valence-corrected chi connectivity index (χ2v) is 7.63. The summed E-state index contributed by atoms with van der Waals surface area (Å²) in [5, 5.41) is 4.49. The van der Waals surface area contributed by atoms with Crippen molar-refractivity contribution in [3.8, 4) is 0 Å². The van der Waals surface area contributed by atoms with Crippen LogP contribution in [-0.2, 0) is 24.7 Å². The van der Waals surface area contributed by atoms with Crippen molar-refractivity contribution >= 4 is 52.4 Å². The van der Waals surface area contributed by atoms with Crippen LogP contribution in [0, 0.1) is 12.8 Å². The van der Waals surface area contributed by atoms with E-state index in [9.17, 15) is 14.4 Å². The number of hydrazone groups is 1. The molecule has 1 N–H and O–H groups in total. The summed E-state index contributed by atoms with van der Waals surface area (Å²) in [6, 6.07) is 11.5. The fourth-order valence-electron chi connectivity index (χ4n) is 3.69. The molecule has 9 heteroatoms. The van der Waals surface area contributed by atoms with E-state index in [2.05, 4.69) is 10.5 Å². The Kier molecular flexibility index (Phi) is 4.59. The highest BCUT2D eigenvalue weighted by Crippen LogP contribution is 2.46. The minimum atomic E-state index is -1.57. The topological polar surface area (TPSA) is 88.1 Å². The molecule has 0 bridgehead atoms. The van der Waals surface area contributed by atoms with Gasteiger partial charge in [-0.2, -0.15) is 5.10 Å². The predicted octanol–water partition coefficient (Wildman–Crippen LogP) is 2.82. The van der Waals surface area contributed by atoms with E-state index in [1.165, 1.54) is 25.3 Å². The number of hydrogen-bond acceptors (Lipinski definition) is 6. The predicted molar refractivity (Wildman–Crippen MR) is 108 cm³/mol. The molecule has 148 valence electrons. The first-order valence-electron chi connectivity index (χ1n) is 8.65. The van der Waals surface area contributed by atoms with Crippen LogP contribution < -0.4 is 10.3 Å². The summed E-state index contributed by atoms with van der Waals surface area (Å²) in [5.41, 5.74) is 2.67. The van der Waals surface area contributed by atoms with Crippen LogP contribution in [0.25, 0.3) is 0 Å². The molecule has 0 saturated carbocycles. The van der Waals surface area contributed by atoms with Gasteiger partial charge in [-0.05, 0) is 30.7 Å². The summed E-state index contributed by atoms with van der Waals surface area (Å²) < 4.78 is 4.77. The average Bonchev–Trinajstić information content (AvgIpc) is 3.19. The number of aryl methyl sites for hydroxylation is 1. The number of benzene rings is 2. The lowest BCUT2D eigenvalue weighted by Gasteiger charge is -2.26. The van der Waals surface area contributed by atoms with Gasteiger partial charge in [0.2, 0.25) is 5.91 Å². The third kappa shape index (κ3) is 2.73. The van der Waals surface area contributed by atoms with Gasteiger partial charge in [-0.25, -0.2) is 9.69 Å². The van der Waals surface area contributed by atoms with Gasteiger partial charge in [0, 0.05) is 5.02 Å². The zero-order valence-corrected chi connectivity index (χ0v) is 16.9. The first-order chi connectivity index (χ1) is 13.8. The zero-order chi connectivity index (χ0) is 20.9. The monoisotopic (exact) mass is 431 g/mol. The largest absolute Gasteiger partial charge is 0.464 e. The first kappa shape index (κ1) is 19.4. The van der Waals surface area contributed by atoms with Crippen molar-refractivity contribution in [3.63, 3.8) is 0 Å². The molecule has 2 atom stereocenters. The second-order valence-electron chi connectivity index (χ2n) is 6.78. The molecule has 0 radical (unpaired) electrons. The van der Waals surface area contributed by atoms with Gasteiger partial charge in [0.25, 0.3) is 5.91 Å². The Morgan fingerprint density at radius 2 is 1.86 bits per heavy atom. The standard InChI is InChI=1S/C20H15Cl2N3O4/c1-10-3-5-11(6-4-10)20-15(16(23-24-20)18(27)29-2)17(26)25(19(20)28)14-8-7-12(21)9-13(14)22/h3-9,15,24H,1-2H3. The number of nitrogens with zero attached hydrogens (tertiary/aromatic N) is 2. The van der Waals surface area contributed by atoms with E-state index >= 15 is 0 Å². The van der Waals surface area contributed by atoms with E-state index in [-0.39, 0.29) is 16.4 Å². The van der Waals surface area contributed by atoms with E-state index in [0.717, 1.165) is 10.5 Å². The summed E-state index contributed by atoms with van der Waals surface area (Å²) in [4.78, 5) is 40.3. The molecule has 2 aromatic carbocycles. The molecule has 2 aliphatic heterocycles. The number of anilines is 1. The lowest BCUT2D eigenvalue weighted by Crippen LogP contribution is -2.48. The van der Waals surface area contributed by atoms with Gasteiger partial charge in [0.05, 0.1) is 17.8 Å². The fourth-order valence-corrected chi connectivity index (χ4v) is 4.18. The number of amides is 2. The van der Waals surface area contributed by atoms with Crippen LogP contribution in [0.2, 0.25) is 10.0 Å². The van der Waals surface area contributed by atoms with Crippen molar-refractivity contribution in [2.45, 2.75) is 12.5 Å². The summed E-state index contributed by atoms with van der Waals surface area (Å²) in [6.45, 7) is 1.90. The number of halogens is 2. The first-order valence-corrected chi connectivity index (χ1v) is 9.40. The van der Waals surface area contributed by atoms with Gasteiger partial charge in [-0.3, -0.25) is 15.0 Å². The van der Waals surface area contributed by atoms with Crippen molar-refractivity contribution in [3.05, 3.63) is 63.6 Å². The van der Waals surface area contributed by atoms with Gasteiger partial charge in [-0.15, -0.1) is 0 Å². The number of carbonyl (C=O) groups excluding carboxylic acids is 3. The van der Waals surface area contributed by atoms with Crippen molar-refractivity contribution in [1.29, 1.82) is 0 Å². The highest BCUT2D eigenvalue weighted by Gasteiger charge is 2.67.